The van der Waals surface area contributed by atoms with Crippen molar-refractivity contribution in [2.24, 2.45) is 0 Å². The highest BCUT2D eigenvalue weighted by atomic mass is 32.2. The number of anilines is 1. The SMILES string of the molecule is COc1cccc(N(C(=O)c2ccccc2)[C@@H]2C=CS(=O)(=O)C2)c1. The van der Waals surface area contributed by atoms with Gasteiger partial charge in [-0.25, -0.2) is 8.42 Å². The molecule has 0 radical (unpaired) electrons. The van der Waals surface area contributed by atoms with Crippen molar-refractivity contribution >= 4 is 21.4 Å². The van der Waals surface area contributed by atoms with Crippen LogP contribution in [0.15, 0.2) is 66.1 Å². The molecule has 0 saturated heterocycles. The number of rotatable bonds is 4. The lowest BCUT2D eigenvalue weighted by Gasteiger charge is -2.28. The highest BCUT2D eigenvalue weighted by Gasteiger charge is 2.32. The van der Waals surface area contributed by atoms with Crippen molar-refractivity contribution in [1.82, 2.24) is 0 Å². The minimum absolute atomic E-state index is 0.122. The normalized spacial score (nSPS) is 18.3. The van der Waals surface area contributed by atoms with E-state index in [0.29, 0.717) is 17.0 Å². The van der Waals surface area contributed by atoms with Gasteiger partial charge in [0, 0.05) is 22.7 Å². The standard InChI is InChI=1S/C18H17NO4S/c1-23-17-9-5-8-15(12-17)19(16-10-11-24(21,22)13-16)18(20)14-6-3-2-4-7-14/h2-12,16H,13H2,1H3/t16-/m1/s1. The highest BCUT2D eigenvalue weighted by Crippen LogP contribution is 2.27. The zero-order valence-electron chi connectivity index (χ0n) is 13.1. The summed E-state index contributed by atoms with van der Waals surface area (Å²) >= 11 is 0. The summed E-state index contributed by atoms with van der Waals surface area (Å²) in [6.07, 6.45) is 1.55. The second-order valence-corrected chi connectivity index (χ2v) is 7.40. The molecular weight excluding hydrogens is 326 g/mol. The van der Waals surface area contributed by atoms with Crippen molar-refractivity contribution in [3.8, 4) is 5.75 Å². The van der Waals surface area contributed by atoms with E-state index in [-0.39, 0.29) is 11.7 Å². The minimum Gasteiger partial charge on any atom is -0.497 e. The monoisotopic (exact) mass is 343 g/mol. The van der Waals surface area contributed by atoms with Gasteiger partial charge < -0.3 is 9.64 Å². The number of ether oxygens (including phenoxy) is 1. The van der Waals surface area contributed by atoms with Crippen molar-refractivity contribution in [1.29, 1.82) is 0 Å². The molecule has 5 nitrogen and oxygen atoms in total. The van der Waals surface area contributed by atoms with Gasteiger partial charge in [-0.3, -0.25) is 4.79 Å². The largest absolute Gasteiger partial charge is 0.497 e. The average molecular weight is 343 g/mol. The Kier molecular flexibility index (Phi) is 4.40. The van der Waals surface area contributed by atoms with Crippen molar-refractivity contribution in [3.63, 3.8) is 0 Å². The molecule has 0 N–H and O–H groups in total. The van der Waals surface area contributed by atoms with Gasteiger partial charge in [0.05, 0.1) is 18.9 Å². The van der Waals surface area contributed by atoms with E-state index < -0.39 is 15.9 Å². The smallest absolute Gasteiger partial charge is 0.258 e. The first-order valence-electron chi connectivity index (χ1n) is 7.44. The van der Waals surface area contributed by atoms with Crippen LogP contribution in [0.4, 0.5) is 5.69 Å². The Morgan fingerprint density at radius 1 is 1.12 bits per heavy atom. The second kappa shape index (κ2) is 6.49. The third kappa shape index (κ3) is 3.33. The van der Waals surface area contributed by atoms with Crippen LogP contribution in [0.5, 0.6) is 5.75 Å². The van der Waals surface area contributed by atoms with Gasteiger partial charge in [0.15, 0.2) is 9.84 Å². The van der Waals surface area contributed by atoms with E-state index in [9.17, 15) is 13.2 Å². The number of methoxy groups -OCH3 is 1. The summed E-state index contributed by atoms with van der Waals surface area (Å²) in [4.78, 5) is 14.5. The summed E-state index contributed by atoms with van der Waals surface area (Å²) in [7, 11) is -1.74. The summed E-state index contributed by atoms with van der Waals surface area (Å²) in [5, 5.41) is 1.17. The molecular formula is C18H17NO4S. The predicted octanol–water partition coefficient (Wildman–Crippen LogP) is 2.65. The first-order chi connectivity index (χ1) is 11.5. The van der Waals surface area contributed by atoms with Gasteiger partial charge in [0.25, 0.3) is 5.91 Å². The van der Waals surface area contributed by atoms with Gasteiger partial charge >= 0.3 is 0 Å². The Hall–Kier alpha value is -2.60. The van der Waals surface area contributed by atoms with E-state index in [1.807, 2.05) is 6.07 Å². The quantitative estimate of drug-likeness (QED) is 0.856. The minimum atomic E-state index is -3.29. The molecule has 0 aromatic heterocycles. The van der Waals surface area contributed by atoms with Gasteiger partial charge in [-0.1, -0.05) is 24.3 Å². The molecule has 2 aromatic rings. The second-order valence-electron chi connectivity index (χ2n) is 5.47. The van der Waals surface area contributed by atoms with Crippen molar-refractivity contribution < 1.29 is 17.9 Å². The van der Waals surface area contributed by atoms with Gasteiger partial charge in [-0.05, 0) is 30.3 Å². The molecule has 0 fully saturated rings. The maximum Gasteiger partial charge on any atom is 0.258 e. The Balaban J connectivity index is 2.04. The van der Waals surface area contributed by atoms with Gasteiger partial charge in [-0.15, -0.1) is 0 Å². The number of hydrogen-bond donors (Lipinski definition) is 0. The Morgan fingerprint density at radius 2 is 1.88 bits per heavy atom. The summed E-state index contributed by atoms with van der Waals surface area (Å²) in [6, 6.07) is 15.3. The highest BCUT2D eigenvalue weighted by molar-refractivity contribution is 7.94. The van der Waals surface area contributed by atoms with Crippen molar-refractivity contribution in [2.45, 2.75) is 6.04 Å². The molecule has 0 bridgehead atoms. The molecule has 3 rings (SSSR count). The lowest BCUT2D eigenvalue weighted by molar-refractivity contribution is 0.0983. The van der Waals surface area contributed by atoms with Crippen LogP contribution >= 0.6 is 0 Å². The van der Waals surface area contributed by atoms with E-state index in [0.717, 1.165) is 0 Å². The third-order valence-electron chi connectivity index (χ3n) is 3.81. The summed E-state index contributed by atoms with van der Waals surface area (Å²) in [5.74, 6) is 0.224. The Morgan fingerprint density at radius 3 is 2.50 bits per heavy atom. The number of nitrogens with zero attached hydrogens (tertiary/aromatic N) is 1. The number of amides is 1. The molecule has 0 spiro atoms. The van der Waals surface area contributed by atoms with Crippen LogP contribution in [0.25, 0.3) is 0 Å². The Labute approximate surface area is 141 Å². The molecule has 1 atom stereocenters. The van der Waals surface area contributed by atoms with E-state index >= 15 is 0 Å². The zero-order valence-corrected chi connectivity index (χ0v) is 13.9. The maximum atomic E-state index is 13.0. The molecule has 1 aliphatic heterocycles. The molecule has 2 aromatic carbocycles. The lowest BCUT2D eigenvalue weighted by Crippen LogP contribution is -2.41. The zero-order chi connectivity index (χ0) is 17.2. The van der Waals surface area contributed by atoms with Gasteiger partial charge in [0.1, 0.15) is 5.75 Å². The molecule has 24 heavy (non-hydrogen) atoms. The molecule has 0 unspecified atom stereocenters. The van der Waals surface area contributed by atoms with Gasteiger partial charge in [-0.2, -0.15) is 0 Å². The molecule has 1 aliphatic rings. The van der Waals surface area contributed by atoms with E-state index in [1.165, 1.54) is 10.3 Å². The van der Waals surface area contributed by atoms with E-state index in [2.05, 4.69) is 0 Å². The Bertz CT molecular complexity index is 875. The fraction of sp³-hybridized carbons (Fsp3) is 0.167. The van der Waals surface area contributed by atoms with Gasteiger partial charge in [0.2, 0.25) is 0 Å². The van der Waals surface area contributed by atoms with Crippen LogP contribution in [-0.2, 0) is 9.84 Å². The summed E-state index contributed by atoms with van der Waals surface area (Å²) in [5.41, 5.74) is 1.09. The number of sulfone groups is 1. The van der Waals surface area contributed by atoms with E-state index in [1.54, 1.807) is 61.7 Å². The average Bonchev–Trinajstić information content (AvgIpc) is 2.95. The lowest BCUT2D eigenvalue weighted by atomic mass is 10.1. The van der Waals surface area contributed by atoms with Crippen LogP contribution in [0.1, 0.15) is 10.4 Å². The van der Waals surface area contributed by atoms with Crippen molar-refractivity contribution in [3.05, 3.63) is 71.6 Å². The molecule has 124 valence electrons. The first kappa shape index (κ1) is 16.3. The number of hydrogen-bond acceptors (Lipinski definition) is 4. The molecule has 1 heterocycles. The van der Waals surface area contributed by atoms with Crippen LogP contribution in [0, 0.1) is 0 Å². The number of benzene rings is 2. The maximum absolute atomic E-state index is 13.0. The topological polar surface area (TPSA) is 63.7 Å². The summed E-state index contributed by atoms with van der Waals surface area (Å²) in [6.45, 7) is 0. The molecule has 1 amide bonds. The predicted molar refractivity (Wildman–Crippen MR) is 93.0 cm³/mol. The van der Waals surface area contributed by atoms with E-state index in [4.69, 9.17) is 4.74 Å². The summed E-state index contributed by atoms with van der Waals surface area (Å²) < 4.78 is 28.8. The number of carbonyl (C=O) groups is 1. The van der Waals surface area contributed by atoms with Crippen molar-refractivity contribution in [2.75, 3.05) is 17.8 Å². The number of carbonyl (C=O) groups excluding carboxylic acids is 1. The molecule has 6 heteroatoms. The third-order valence-corrected chi connectivity index (χ3v) is 5.19. The fourth-order valence-corrected chi connectivity index (χ4v) is 3.93. The van der Waals surface area contributed by atoms with Crippen LogP contribution in [0.2, 0.25) is 0 Å². The molecule has 0 saturated carbocycles. The van der Waals surface area contributed by atoms with Crippen LogP contribution in [-0.4, -0.2) is 33.2 Å². The molecule has 0 aliphatic carbocycles. The van der Waals surface area contributed by atoms with Crippen LogP contribution < -0.4 is 9.64 Å². The fourth-order valence-electron chi connectivity index (χ4n) is 2.66. The first-order valence-corrected chi connectivity index (χ1v) is 9.15. The van der Waals surface area contributed by atoms with Crippen LogP contribution in [0.3, 0.4) is 0 Å².